The molecule has 6 heteroatoms. The summed E-state index contributed by atoms with van der Waals surface area (Å²) < 4.78 is 0. The number of rotatable bonds is 5. The summed E-state index contributed by atoms with van der Waals surface area (Å²) in [5.74, 6) is -0.101. The number of carbonyl (C=O) groups excluding carboxylic acids is 1. The molecule has 2 N–H and O–H groups in total. The van der Waals surface area contributed by atoms with Gasteiger partial charge in [0.25, 0.3) is 5.91 Å². The number of aromatic amines is 1. The number of thiophene rings is 1. The number of hydrogen-bond donors (Lipinski definition) is 2. The molecule has 5 nitrogen and oxygen atoms in total. The first-order chi connectivity index (χ1) is 12.8. The van der Waals surface area contributed by atoms with Gasteiger partial charge in [0.05, 0.1) is 10.6 Å². The number of piperidine rings is 1. The van der Waals surface area contributed by atoms with Gasteiger partial charge in [0.15, 0.2) is 5.69 Å². The summed E-state index contributed by atoms with van der Waals surface area (Å²) in [4.78, 5) is 16.0. The highest BCUT2D eigenvalue weighted by Gasteiger charge is 2.23. The van der Waals surface area contributed by atoms with Gasteiger partial charge in [-0.3, -0.25) is 14.8 Å². The van der Waals surface area contributed by atoms with Crippen molar-refractivity contribution in [2.45, 2.75) is 25.4 Å². The molecule has 1 aromatic carbocycles. The molecule has 0 radical (unpaired) electrons. The standard InChI is InChI=1S/C20H22N4OS/c25-20(18-12-17(22-23-18)19-9-5-11-26-19)21-16-8-4-10-24(14-16)13-15-6-2-1-3-7-15/h1-3,5-7,9,11-12,16H,4,8,10,13-14H2,(H,21,25)(H,22,23). The fraction of sp³-hybridized carbons (Fsp3) is 0.300. The molecule has 1 atom stereocenters. The fourth-order valence-corrected chi connectivity index (χ4v) is 4.11. The van der Waals surface area contributed by atoms with Crippen molar-refractivity contribution in [2.75, 3.05) is 13.1 Å². The van der Waals surface area contributed by atoms with E-state index in [2.05, 4.69) is 44.7 Å². The first kappa shape index (κ1) is 17.0. The van der Waals surface area contributed by atoms with Gasteiger partial charge < -0.3 is 5.32 Å². The Morgan fingerprint density at radius 3 is 2.96 bits per heavy atom. The van der Waals surface area contributed by atoms with E-state index in [1.165, 1.54) is 5.56 Å². The van der Waals surface area contributed by atoms with Crippen LogP contribution in [0.4, 0.5) is 0 Å². The number of benzene rings is 1. The Bertz CT molecular complexity index is 844. The molecule has 1 amide bonds. The van der Waals surface area contributed by atoms with Crippen molar-refractivity contribution in [3.63, 3.8) is 0 Å². The van der Waals surface area contributed by atoms with E-state index in [-0.39, 0.29) is 11.9 Å². The normalized spacial score (nSPS) is 17.9. The van der Waals surface area contributed by atoms with Crippen molar-refractivity contribution >= 4 is 17.2 Å². The number of nitrogens with zero attached hydrogens (tertiary/aromatic N) is 2. The van der Waals surface area contributed by atoms with Gasteiger partial charge in [-0.05, 0) is 42.5 Å². The predicted octanol–water partition coefficient (Wildman–Crippen LogP) is 3.53. The van der Waals surface area contributed by atoms with Crippen LogP contribution in [0.3, 0.4) is 0 Å². The lowest BCUT2D eigenvalue weighted by Crippen LogP contribution is -2.47. The molecular weight excluding hydrogens is 344 g/mol. The van der Waals surface area contributed by atoms with Gasteiger partial charge >= 0.3 is 0 Å². The molecule has 4 rings (SSSR count). The lowest BCUT2D eigenvalue weighted by molar-refractivity contribution is 0.0895. The van der Waals surface area contributed by atoms with Crippen LogP contribution in [0.25, 0.3) is 10.6 Å². The zero-order valence-electron chi connectivity index (χ0n) is 14.5. The van der Waals surface area contributed by atoms with Crippen molar-refractivity contribution in [3.05, 3.63) is 65.2 Å². The van der Waals surface area contributed by atoms with Crippen LogP contribution in [0.1, 0.15) is 28.9 Å². The van der Waals surface area contributed by atoms with Gasteiger partial charge in [-0.25, -0.2) is 0 Å². The van der Waals surface area contributed by atoms with Crippen molar-refractivity contribution in [1.29, 1.82) is 0 Å². The summed E-state index contributed by atoms with van der Waals surface area (Å²) in [6.07, 6.45) is 2.11. The highest BCUT2D eigenvalue weighted by atomic mass is 32.1. The van der Waals surface area contributed by atoms with Crippen LogP contribution < -0.4 is 5.32 Å². The van der Waals surface area contributed by atoms with Crippen LogP contribution in [0, 0.1) is 0 Å². The van der Waals surface area contributed by atoms with E-state index in [4.69, 9.17) is 0 Å². The third kappa shape index (κ3) is 4.03. The minimum atomic E-state index is -0.101. The topological polar surface area (TPSA) is 61.0 Å². The summed E-state index contributed by atoms with van der Waals surface area (Å²) in [5, 5.41) is 12.3. The molecule has 26 heavy (non-hydrogen) atoms. The van der Waals surface area contributed by atoms with E-state index in [0.717, 1.165) is 43.0 Å². The van der Waals surface area contributed by atoms with Crippen LogP contribution >= 0.6 is 11.3 Å². The second-order valence-electron chi connectivity index (χ2n) is 6.68. The first-order valence-electron chi connectivity index (χ1n) is 8.94. The van der Waals surface area contributed by atoms with Crippen LogP contribution in [0.5, 0.6) is 0 Å². The Kier molecular flexibility index (Phi) is 5.13. The molecule has 1 unspecified atom stereocenters. The van der Waals surface area contributed by atoms with Gasteiger partial charge in [-0.2, -0.15) is 5.10 Å². The monoisotopic (exact) mass is 366 g/mol. The number of likely N-dealkylation sites (tertiary alicyclic amines) is 1. The molecule has 0 aliphatic carbocycles. The Morgan fingerprint density at radius 1 is 1.27 bits per heavy atom. The maximum atomic E-state index is 12.6. The van der Waals surface area contributed by atoms with Crippen molar-refractivity contribution in [2.24, 2.45) is 0 Å². The maximum Gasteiger partial charge on any atom is 0.272 e. The third-order valence-corrected chi connectivity index (χ3v) is 5.59. The quantitative estimate of drug-likeness (QED) is 0.726. The Balaban J connectivity index is 1.35. The summed E-state index contributed by atoms with van der Waals surface area (Å²) in [6.45, 7) is 2.88. The van der Waals surface area contributed by atoms with E-state index in [9.17, 15) is 4.79 Å². The van der Waals surface area contributed by atoms with E-state index in [1.807, 2.05) is 29.6 Å². The summed E-state index contributed by atoms with van der Waals surface area (Å²) in [6, 6.07) is 16.5. The molecule has 1 aliphatic heterocycles. The molecule has 134 valence electrons. The lowest BCUT2D eigenvalue weighted by atomic mass is 10.0. The minimum Gasteiger partial charge on any atom is -0.347 e. The van der Waals surface area contributed by atoms with Gasteiger partial charge in [-0.1, -0.05) is 36.4 Å². The van der Waals surface area contributed by atoms with Gasteiger partial charge in [0.2, 0.25) is 0 Å². The molecule has 1 fully saturated rings. The average Bonchev–Trinajstić information content (AvgIpc) is 3.34. The fourth-order valence-electron chi connectivity index (χ4n) is 3.41. The summed E-state index contributed by atoms with van der Waals surface area (Å²) >= 11 is 1.63. The summed E-state index contributed by atoms with van der Waals surface area (Å²) in [5.41, 5.74) is 2.65. The maximum absolute atomic E-state index is 12.6. The van der Waals surface area contributed by atoms with E-state index in [0.29, 0.717) is 5.69 Å². The van der Waals surface area contributed by atoms with Crippen molar-refractivity contribution in [1.82, 2.24) is 20.4 Å². The molecule has 0 saturated carbocycles. The number of amides is 1. The van der Waals surface area contributed by atoms with Gasteiger partial charge in [0, 0.05) is 19.1 Å². The zero-order chi connectivity index (χ0) is 17.8. The predicted molar refractivity (Wildman–Crippen MR) is 104 cm³/mol. The molecule has 0 spiro atoms. The molecule has 0 bridgehead atoms. The molecule has 2 aromatic heterocycles. The van der Waals surface area contributed by atoms with Crippen LogP contribution in [0.15, 0.2) is 53.9 Å². The van der Waals surface area contributed by atoms with E-state index < -0.39 is 0 Å². The number of hydrogen-bond acceptors (Lipinski definition) is 4. The average molecular weight is 366 g/mol. The van der Waals surface area contributed by atoms with Gasteiger partial charge in [0.1, 0.15) is 0 Å². The highest BCUT2D eigenvalue weighted by Crippen LogP contribution is 2.23. The summed E-state index contributed by atoms with van der Waals surface area (Å²) in [7, 11) is 0. The third-order valence-electron chi connectivity index (χ3n) is 4.69. The van der Waals surface area contributed by atoms with Crippen molar-refractivity contribution in [3.8, 4) is 10.6 Å². The SMILES string of the molecule is O=C(NC1CCCN(Cc2ccccc2)C1)c1cc(-c2cccs2)[nH]n1. The molecule has 1 saturated heterocycles. The van der Waals surface area contributed by atoms with E-state index >= 15 is 0 Å². The largest absolute Gasteiger partial charge is 0.347 e. The number of carbonyl (C=O) groups is 1. The smallest absolute Gasteiger partial charge is 0.272 e. The van der Waals surface area contributed by atoms with Crippen LogP contribution in [0.2, 0.25) is 0 Å². The Morgan fingerprint density at radius 2 is 2.15 bits per heavy atom. The number of aromatic nitrogens is 2. The Hall–Kier alpha value is -2.44. The van der Waals surface area contributed by atoms with Crippen LogP contribution in [-0.4, -0.2) is 40.1 Å². The van der Waals surface area contributed by atoms with Crippen LogP contribution in [-0.2, 0) is 6.54 Å². The number of H-pyrrole nitrogens is 1. The highest BCUT2D eigenvalue weighted by molar-refractivity contribution is 7.13. The lowest BCUT2D eigenvalue weighted by Gasteiger charge is -2.33. The van der Waals surface area contributed by atoms with E-state index in [1.54, 1.807) is 11.3 Å². The Labute approximate surface area is 157 Å². The zero-order valence-corrected chi connectivity index (χ0v) is 15.3. The minimum absolute atomic E-state index is 0.101. The first-order valence-corrected chi connectivity index (χ1v) is 9.82. The second-order valence-corrected chi connectivity index (χ2v) is 7.63. The second kappa shape index (κ2) is 7.85. The van der Waals surface area contributed by atoms with Gasteiger partial charge in [-0.15, -0.1) is 11.3 Å². The molecule has 1 aliphatic rings. The molecule has 3 aromatic rings. The molecule has 3 heterocycles. The molecular formula is C20H22N4OS. The van der Waals surface area contributed by atoms with Crippen molar-refractivity contribution < 1.29 is 4.79 Å². The number of nitrogens with one attached hydrogen (secondary N) is 2.